The van der Waals surface area contributed by atoms with Gasteiger partial charge >= 0.3 is 5.97 Å². The second-order valence-electron chi connectivity index (χ2n) is 6.46. The highest BCUT2D eigenvalue weighted by molar-refractivity contribution is 5.76. The topological polar surface area (TPSA) is 65.0 Å². The second kappa shape index (κ2) is 10.2. The van der Waals surface area contributed by atoms with E-state index in [2.05, 4.69) is 0 Å². The van der Waals surface area contributed by atoms with Gasteiger partial charge in [-0.25, -0.2) is 0 Å². The predicted octanol–water partition coefficient (Wildman–Crippen LogP) is 4.56. The third-order valence-electron chi connectivity index (χ3n) is 4.56. The Bertz CT molecular complexity index is 923. The molecule has 0 aliphatic heterocycles. The van der Waals surface area contributed by atoms with Crippen LogP contribution < -0.4 is 14.2 Å². The summed E-state index contributed by atoms with van der Waals surface area (Å²) >= 11 is 0. The van der Waals surface area contributed by atoms with Crippen LogP contribution >= 0.6 is 0 Å². The van der Waals surface area contributed by atoms with E-state index >= 15 is 0 Å². The summed E-state index contributed by atoms with van der Waals surface area (Å²) in [4.78, 5) is 11.8. The van der Waals surface area contributed by atoms with Crippen LogP contribution in [0.25, 0.3) is 0 Å². The van der Waals surface area contributed by atoms with E-state index < -0.39 is 11.9 Å². The molecule has 0 radical (unpaired) electrons. The molecule has 0 aliphatic rings. The van der Waals surface area contributed by atoms with Gasteiger partial charge in [-0.3, -0.25) is 4.79 Å². The van der Waals surface area contributed by atoms with Crippen LogP contribution in [0.1, 0.15) is 17.0 Å². The molecule has 0 saturated heterocycles. The largest absolute Gasteiger partial charge is 0.493 e. The van der Waals surface area contributed by atoms with Crippen LogP contribution in [0.3, 0.4) is 0 Å². The van der Waals surface area contributed by atoms with Gasteiger partial charge in [0, 0.05) is 0 Å². The lowest BCUT2D eigenvalue weighted by Gasteiger charge is -2.16. The summed E-state index contributed by atoms with van der Waals surface area (Å²) in [6.45, 7) is 0.674. The summed E-state index contributed by atoms with van der Waals surface area (Å²) < 4.78 is 16.9. The lowest BCUT2D eigenvalue weighted by molar-refractivity contribution is -0.138. The monoisotopic (exact) mass is 392 g/mol. The van der Waals surface area contributed by atoms with E-state index in [4.69, 9.17) is 14.2 Å². The lowest BCUT2D eigenvalue weighted by atomic mass is 9.92. The minimum absolute atomic E-state index is 0.331. The fourth-order valence-corrected chi connectivity index (χ4v) is 3.11. The highest BCUT2D eigenvalue weighted by Gasteiger charge is 2.21. The van der Waals surface area contributed by atoms with Crippen LogP contribution in [0, 0.1) is 0 Å². The molecule has 5 heteroatoms. The van der Waals surface area contributed by atoms with Gasteiger partial charge in [0.15, 0.2) is 11.5 Å². The molecule has 0 aromatic heterocycles. The quantitative estimate of drug-likeness (QED) is 0.512. The Labute approximate surface area is 170 Å². The molecule has 5 nitrogen and oxygen atoms in total. The molecule has 1 N–H and O–H groups in total. The average molecular weight is 392 g/mol. The van der Waals surface area contributed by atoms with Gasteiger partial charge < -0.3 is 19.3 Å². The van der Waals surface area contributed by atoms with E-state index in [-0.39, 0.29) is 0 Å². The van der Waals surface area contributed by atoms with E-state index in [1.165, 1.54) is 0 Å². The van der Waals surface area contributed by atoms with Crippen LogP contribution in [0.5, 0.6) is 17.2 Å². The fraction of sp³-hybridized carbons (Fsp3) is 0.208. The minimum Gasteiger partial charge on any atom is -0.493 e. The van der Waals surface area contributed by atoms with Gasteiger partial charge in [0.25, 0.3) is 0 Å². The van der Waals surface area contributed by atoms with Gasteiger partial charge in [-0.2, -0.15) is 0 Å². The highest BCUT2D eigenvalue weighted by Crippen LogP contribution is 2.28. The molecule has 29 heavy (non-hydrogen) atoms. The maximum atomic E-state index is 11.8. The predicted molar refractivity (Wildman–Crippen MR) is 111 cm³/mol. The van der Waals surface area contributed by atoms with Crippen molar-refractivity contribution in [1.82, 2.24) is 0 Å². The third kappa shape index (κ3) is 5.51. The highest BCUT2D eigenvalue weighted by atomic mass is 16.5. The number of hydrogen-bond donors (Lipinski definition) is 1. The molecular weight excluding hydrogens is 368 g/mol. The molecule has 0 amide bonds. The number of carboxylic acid groups (broad SMARTS) is 1. The zero-order valence-electron chi connectivity index (χ0n) is 16.3. The summed E-state index contributed by atoms with van der Waals surface area (Å²) in [5, 5.41) is 9.70. The van der Waals surface area contributed by atoms with E-state index in [0.717, 1.165) is 11.1 Å². The second-order valence-corrected chi connectivity index (χ2v) is 6.46. The van der Waals surface area contributed by atoms with E-state index in [1.54, 1.807) is 7.11 Å². The van der Waals surface area contributed by atoms with Crippen molar-refractivity contribution >= 4 is 5.97 Å². The minimum atomic E-state index is -0.856. The Hall–Kier alpha value is -3.47. The lowest BCUT2D eigenvalue weighted by Crippen LogP contribution is -2.16. The van der Waals surface area contributed by atoms with E-state index in [9.17, 15) is 9.90 Å². The fourth-order valence-electron chi connectivity index (χ4n) is 3.11. The molecule has 0 bridgehead atoms. The Morgan fingerprint density at radius 1 is 0.793 bits per heavy atom. The first kappa shape index (κ1) is 20.3. The Balaban J connectivity index is 1.63. The first-order valence-corrected chi connectivity index (χ1v) is 9.43. The first-order valence-electron chi connectivity index (χ1n) is 9.43. The van der Waals surface area contributed by atoms with Gasteiger partial charge in [0.2, 0.25) is 0 Å². The van der Waals surface area contributed by atoms with Crippen LogP contribution in [0.2, 0.25) is 0 Å². The number of aliphatic carboxylic acids is 1. The summed E-state index contributed by atoms with van der Waals surface area (Å²) in [7, 11) is 1.60. The Morgan fingerprint density at radius 2 is 1.34 bits per heavy atom. The van der Waals surface area contributed by atoms with Crippen LogP contribution in [-0.2, 0) is 11.2 Å². The molecule has 0 saturated carbocycles. The van der Waals surface area contributed by atoms with Crippen molar-refractivity contribution in [2.75, 3.05) is 20.3 Å². The van der Waals surface area contributed by atoms with Gasteiger partial charge in [0.05, 0.1) is 13.0 Å². The van der Waals surface area contributed by atoms with Gasteiger partial charge in [-0.1, -0.05) is 60.7 Å². The summed E-state index contributed by atoms with van der Waals surface area (Å²) in [6, 6.07) is 24.2. The van der Waals surface area contributed by atoms with E-state index in [1.807, 2.05) is 78.9 Å². The molecule has 0 aliphatic carbocycles. The van der Waals surface area contributed by atoms with Crippen molar-refractivity contribution in [3.63, 3.8) is 0 Å². The number of benzene rings is 3. The molecule has 0 heterocycles. The molecule has 3 aromatic rings. The van der Waals surface area contributed by atoms with Crippen molar-refractivity contribution in [2.45, 2.75) is 12.3 Å². The summed E-state index contributed by atoms with van der Waals surface area (Å²) in [6.07, 6.45) is 0.350. The number of carboxylic acids is 1. The standard InChI is InChI=1S/C24H24O5/c1-27-22-13-7-8-14-23(22)29-16-15-28-21-12-6-5-11-19(21)17-20(24(25)26)18-9-3-2-4-10-18/h2-14,20H,15-17H2,1H3,(H,25,26). The average Bonchev–Trinajstić information content (AvgIpc) is 2.76. The number of methoxy groups -OCH3 is 1. The molecular formula is C24H24O5. The van der Waals surface area contributed by atoms with Crippen LogP contribution in [-0.4, -0.2) is 31.4 Å². The first-order chi connectivity index (χ1) is 14.2. The summed E-state index contributed by atoms with van der Waals surface area (Å²) in [5.74, 6) is 0.497. The maximum Gasteiger partial charge on any atom is 0.311 e. The number of hydrogen-bond acceptors (Lipinski definition) is 4. The Kier molecular flexibility index (Phi) is 7.11. The van der Waals surface area contributed by atoms with Crippen molar-refractivity contribution in [3.8, 4) is 17.2 Å². The number of para-hydroxylation sites is 3. The maximum absolute atomic E-state index is 11.8. The molecule has 0 spiro atoms. The zero-order chi connectivity index (χ0) is 20.5. The SMILES string of the molecule is COc1ccccc1OCCOc1ccccc1CC(C(=O)O)c1ccccc1. The van der Waals surface area contributed by atoms with Gasteiger partial charge in [-0.15, -0.1) is 0 Å². The van der Waals surface area contributed by atoms with Crippen molar-refractivity contribution in [2.24, 2.45) is 0 Å². The Morgan fingerprint density at radius 3 is 2.00 bits per heavy atom. The van der Waals surface area contributed by atoms with Gasteiger partial charge in [0.1, 0.15) is 19.0 Å². The van der Waals surface area contributed by atoms with Crippen LogP contribution in [0.4, 0.5) is 0 Å². The van der Waals surface area contributed by atoms with Crippen molar-refractivity contribution in [1.29, 1.82) is 0 Å². The molecule has 0 fully saturated rings. The molecule has 3 aromatic carbocycles. The third-order valence-corrected chi connectivity index (χ3v) is 4.56. The number of carbonyl (C=O) groups is 1. The molecule has 3 rings (SSSR count). The van der Waals surface area contributed by atoms with E-state index in [0.29, 0.717) is 36.9 Å². The normalized spacial score (nSPS) is 11.5. The number of rotatable bonds is 10. The number of ether oxygens (including phenoxy) is 3. The summed E-state index contributed by atoms with van der Waals surface area (Å²) in [5.41, 5.74) is 1.62. The van der Waals surface area contributed by atoms with Crippen LogP contribution in [0.15, 0.2) is 78.9 Å². The zero-order valence-corrected chi connectivity index (χ0v) is 16.3. The molecule has 150 valence electrons. The molecule has 1 unspecified atom stereocenters. The van der Waals surface area contributed by atoms with Gasteiger partial charge in [-0.05, 0) is 35.7 Å². The van der Waals surface area contributed by atoms with Crippen molar-refractivity contribution in [3.05, 3.63) is 90.0 Å². The smallest absolute Gasteiger partial charge is 0.311 e. The molecule has 1 atom stereocenters. The van der Waals surface area contributed by atoms with Crippen molar-refractivity contribution < 1.29 is 24.1 Å².